The molecular weight excluding hydrogens is 338 g/mol. The Hall–Kier alpha value is -2.63. The van der Waals surface area contributed by atoms with Crippen molar-refractivity contribution in [3.63, 3.8) is 0 Å². The number of carbonyl (C=O) groups excluding carboxylic acids is 1. The second kappa shape index (κ2) is 10.5. The molecule has 0 saturated carbocycles. The van der Waals surface area contributed by atoms with E-state index in [-0.39, 0.29) is 5.91 Å². The average Bonchev–Trinajstić information content (AvgIpc) is 2.68. The molecule has 0 aliphatic rings. The summed E-state index contributed by atoms with van der Waals surface area (Å²) in [4.78, 5) is 22.9. The van der Waals surface area contributed by atoms with Gasteiger partial charge in [0.1, 0.15) is 17.8 Å². The number of nitrogens with one attached hydrogen (secondary N) is 2. The predicted octanol–water partition coefficient (Wildman–Crippen LogP) is 4.29. The quantitative estimate of drug-likeness (QED) is 0.611. The molecule has 0 bridgehead atoms. The van der Waals surface area contributed by atoms with Gasteiger partial charge in [0.05, 0.1) is 0 Å². The molecule has 0 aliphatic carbocycles. The van der Waals surface area contributed by atoms with Gasteiger partial charge in [-0.15, -0.1) is 0 Å². The second-order valence-corrected chi connectivity index (χ2v) is 6.55. The van der Waals surface area contributed by atoms with Crippen molar-refractivity contribution in [2.24, 2.45) is 0 Å². The van der Waals surface area contributed by atoms with Crippen LogP contribution in [-0.4, -0.2) is 35.5 Å². The van der Waals surface area contributed by atoms with Crippen LogP contribution in [-0.2, 0) is 0 Å². The first-order chi connectivity index (χ1) is 13.1. The van der Waals surface area contributed by atoms with Gasteiger partial charge >= 0.3 is 0 Å². The molecule has 2 N–H and O–H groups in total. The fourth-order valence-electron chi connectivity index (χ4n) is 2.93. The third-order valence-electron chi connectivity index (χ3n) is 4.57. The lowest BCUT2D eigenvalue weighted by Gasteiger charge is -2.22. The van der Waals surface area contributed by atoms with Gasteiger partial charge in [-0.3, -0.25) is 4.79 Å². The van der Waals surface area contributed by atoms with Crippen LogP contribution in [0.4, 0.5) is 17.2 Å². The monoisotopic (exact) mass is 369 g/mol. The van der Waals surface area contributed by atoms with Gasteiger partial charge in [-0.1, -0.05) is 19.8 Å². The van der Waals surface area contributed by atoms with Gasteiger partial charge in [0.2, 0.25) is 0 Å². The minimum atomic E-state index is -0.162. The summed E-state index contributed by atoms with van der Waals surface area (Å²) in [5, 5.41) is 6.20. The third-order valence-corrected chi connectivity index (χ3v) is 4.57. The van der Waals surface area contributed by atoms with Crippen LogP contribution in [0.5, 0.6) is 0 Å². The standard InChI is InChI=1S/C21H31N5O/c1-5-8-9-12-22-21(27)19-14-20(24-15-23-19)25-18-11-10-17(13-16(18)4)26(6-2)7-3/h10-11,13-15H,5-9,12H2,1-4H3,(H,22,27)(H,23,24,25). The molecule has 27 heavy (non-hydrogen) atoms. The molecule has 0 unspecified atom stereocenters. The number of carbonyl (C=O) groups is 1. The fourth-order valence-corrected chi connectivity index (χ4v) is 2.93. The van der Waals surface area contributed by atoms with Gasteiger partial charge in [-0.2, -0.15) is 0 Å². The molecule has 0 radical (unpaired) electrons. The maximum atomic E-state index is 12.2. The minimum Gasteiger partial charge on any atom is -0.372 e. The van der Waals surface area contributed by atoms with E-state index in [1.54, 1.807) is 6.07 Å². The Balaban J connectivity index is 2.06. The first-order valence-electron chi connectivity index (χ1n) is 9.81. The van der Waals surface area contributed by atoms with Gasteiger partial charge in [0.15, 0.2) is 0 Å². The van der Waals surface area contributed by atoms with Gasteiger partial charge in [-0.05, 0) is 51.0 Å². The van der Waals surface area contributed by atoms with Gasteiger partial charge in [0.25, 0.3) is 5.91 Å². The highest BCUT2D eigenvalue weighted by Crippen LogP contribution is 2.25. The van der Waals surface area contributed by atoms with Gasteiger partial charge in [-0.25, -0.2) is 9.97 Å². The van der Waals surface area contributed by atoms with Crippen molar-refractivity contribution >= 4 is 23.1 Å². The summed E-state index contributed by atoms with van der Waals surface area (Å²) in [5.41, 5.74) is 3.68. The molecular formula is C21H31N5O. The Labute approximate surface area is 162 Å². The van der Waals surface area contributed by atoms with Crippen LogP contribution >= 0.6 is 0 Å². The summed E-state index contributed by atoms with van der Waals surface area (Å²) in [6.45, 7) is 11.1. The Bertz CT molecular complexity index is 743. The Morgan fingerprint density at radius 3 is 2.52 bits per heavy atom. The van der Waals surface area contributed by atoms with Gasteiger partial charge < -0.3 is 15.5 Å². The molecule has 2 rings (SSSR count). The molecule has 0 aliphatic heterocycles. The number of aromatic nitrogens is 2. The predicted molar refractivity (Wildman–Crippen MR) is 112 cm³/mol. The van der Waals surface area contributed by atoms with E-state index in [0.29, 0.717) is 18.1 Å². The number of nitrogens with zero attached hydrogens (tertiary/aromatic N) is 3. The molecule has 2 aromatic rings. The number of aryl methyl sites for hydroxylation is 1. The smallest absolute Gasteiger partial charge is 0.270 e. The minimum absolute atomic E-state index is 0.162. The Morgan fingerprint density at radius 1 is 1.07 bits per heavy atom. The van der Waals surface area contributed by atoms with Crippen LogP contribution in [0.3, 0.4) is 0 Å². The van der Waals surface area contributed by atoms with Crippen LogP contribution in [0, 0.1) is 6.92 Å². The summed E-state index contributed by atoms with van der Waals surface area (Å²) in [5.74, 6) is 0.451. The van der Waals surface area contributed by atoms with Crippen molar-refractivity contribution in [3.05, 3.63) is 41.9 Å². The summed E-state index contributed by atoms with van der Waals surface area (Å²) >= 11 is 0. The molecule has 1 aromatic carbocycles. The maximum absolute atomic E-state index is 12.2. The third kappa shape index (κ3) is 5.94. The number of anilines is 3. The number of amides is 1. The maximum Gasteiger partial charge on any atom is 0.270 e. The topological polar surface area (TPSA) is 70.2 Å². The van der Waals surface area contributed by atoms with Crippen molar-refractivity contribution in [1.82, 2.24) is 15.3 Å². The van der Waals surface area contributed by atoms with Crippen molar-refractivity contribution in [2.45, 2.75) is 47.0 Å². The van der Waals surface area contributed by atoms with E-state index in [2.05, 4.69) is 71.4 Å². The molecule has 6 heteroatoms. The highest BCUT2D eigenvalue weighted by Gasteiger charge is 2.10. The lowest BCUT2D eigenvalue weighted by molar-refractivity contribution is 0.0948. The molecule has 1 heterocycles. The van der Waals surface area contributed by atoms with Crippen LogP contribution < -0.4 is 15.5 Å². The molecule has 0 atom stereocenters. The van der Waals surface area contributed by atoms with E-state index in [4.69, 9.17) is 0 Å². The largest absolute Gasteiger partial charge is 0.372 e. The van der Waals surface area contributed by atoms with Crippen molar-refractivity contribution < 1.29 is 4.79 Å². The number of rotatable bonds is 10. The lowest BCUT2D eigenvalue weighted by atomic mass is 10.1. The number of benzene rings is 1. The average molecular weight is 370 g/mol. The highest BCUT2D eigenvalue weighted by atomic mass is 16.1. The molecule has 6 nitrogen and oxygen atoms in total. The number of unbranched alkanes of at least 4 members (excludes halogenated alkanes) is 2. The molecule has 1 aromatic heterocycles. The van der Waals surface area contributed by atoms with Gasteiger partial charge in [0, 0.05) is 37.1 Å². The van der Waals surface area contributed by atoms with E-state index in [0.717, 1.165) is 43.6 Å². The number of hydrogen-bond donors (Lipinski definition) is 2. The fraction of sp³-hybridized carbons (Fsp3) is 0.476. The first kappa shape index (κ1) is 20.7. The second-order valence-electron chi connectivity index (χ2n) is 6.55. The first-order valence-corrected chi connectivity index (χ1v) is 9.81. The Kier molecular flexibility index (Phi) is 8.04. The molecule has 146 valence electrons. The van der Waals surface area contributed by atoms with Crippen LogP contribution in [0.15, 0.2) is 30.6 Å². The molecule has 0 spiro atoms. The molecule has 1 amide bonds. The summed E-state index contributed by atoms with van der Waals surface area (Å²) in [7, 11) is 0. The van der Waals surface area contributed by atoms with Crippen molar-refractivity contribution in [3.8, 4) is 0 Å². The van der Waals surface area contributed by atoms with Crippen LogP contribution in [0.25, 0.3) is 0 Å². The zero-order valence-electron chi connectivity index (χ0n) is 16.9. The normalized spacial score (nSPS) is 10.5. The zero-order valence-corrected chi connectivity index (χ0v) is 16.9. The van der Waals surface area contributed by atoms with E-state index >= 15 is 0 Å². The summed E-state index contributed by atoms with van der Waals surface area (Å²) in [6.07, 6.45) is 4.64. The summed E-state index contributed by atoms with van der Waals surface area (Å²) in [6, 6.07) is 8.01. The van der Waals surface area contributed by atoms with E-state index in [1.807, 2.05) is 0 Å². The SMILES string of the molecule is CCCCCNC(=O)c1cc(Nc2ccc(N(CC)CC)cc2C)ncn1. The highest BCUT2D eigenvalue weighted by molar-refractivity contribution is 5.93. The van der Waals surface area contributed by atoms with E-state index in [1.165, 1.54) is 12.0 Å². The Morgan fingerprint density at radius 2 is 1.85 bits per heavy atom. The van der Waals surface area contributed by atoms with Crippen LogP contribution in [0.1, 0.15) is 56.1 Å². The number of hydrogen-bond acceptors (Lipinski definition) is 5. The van der Waals surface area contributed by atoms with Crippen molar-refractivity contribution in [2.75, 3.05) is 29.9 Å². The van der Waals surface area contributed by atoms with E-state index < -0.39 is 0 Å². The van der Waals surface area contributed by atoms with Crippen molar-refractivity contribution in [1.29, 1.82) is 0 Å². The van der Waals surface area contributed by atoms with Crippen LogP contribution in [0.2, 0.25) is 0 Å². The summed E-state index contributed by atoms with van der Waals surface area (Å²) < 4.78 is 0. The molecule has 0 fully saturated rings. The molecule has 0 saturated heterocycles. The van der Waals surface area contributed by atoms with E-state index in [9.17, 15) is 4.79 Å². The zero-order chi connectivity index (χ0) is 19.6. The lowest BCUT2D eigenvalue weighted by Crippen LogP contribution is -2.25.